The van der Waals surface area contributed by atoms with Crippen LogP contribution in [0.3, 0.4) is 0 Å². The molecule has 0 unspecified atom stereocenters. The fourth-order valence-electron chi connectivity index (χ4n) is 4.30. The largest absolute Gasteiger partial charge is 0.482 e. The minimum Gasteiger partial charge on any atom is -0.482 e. The number of fused-ring (bicyclic) bond motifs is 1. The van der Waals surface area contributed by atoms with Crippen molar-refractivity contribution >= 4 is 28.6 Å². The lowest BCUT2D eigenvalue weighted by molar-refractivity contribution is -0.111. The Bertz CT molecular complexity index is 1190. The van der Waals surface area contributed by atoms with Gasteiger partial charge in [-0.25, -0.2) is 4.39 Å². The Morgan fingerprint density at radius 2 is 1.71 bits per heavy atom. The smallest absolute Gasteiger partial charge is 0.260 e. The molecular formula is C27H29FN2O5. The molecule has 0 fully saturated rings. The van der Waals surface area contributed by atoms with Gasteiger partial charge in [-0.2, -0.15) is 0 Å². The number of allylic oxidation sites excluding steroid dienone is 1. The first-order valence-corrected chi connectivity index (χ1v) is 11.4. The number of hydrogen-bond acceptors (Lipinski definition) is 5. The summed E-state index contributed by atoms with van der Waals surface area (Å²) in [5.41, 5.74) is 3.01. The molecule has 184 valence electrons. The summed E-state index contributed by atoms with van der Waals surface area (Å²) < 4.78 is 30.1. The minimum absolute atomic E-state index is 0.101. The van der Waals surface area contributed by atoms with Crippen LogP contribution in [0.5, 0.6) is 0 Å². The maximum atomic E-state index is 13.6. The van der Waals surface area contributed by atoms with E-state index in [0.717, 1.165) is 11.1 Å². The van der Waals surface area contributed by atoms with Gasteiger partial charge in [-0.05, 0) is 55.8 Å². The lowest BCUT2D eigenvalue weighted by Crippen LogP contribution is -2.36. The zero-order chi connectivity index (χ0) is 25.2. The monoisotopic (exact) mass is 480 g/mol. The van der Waals surface area contributed by atoms with Crippen LogP contribution in [0.25, 0.3) is 11.1 Å². The van der Waals surface area contributed by atoms with Crippen LogP contribution in [-0.2, 0) is 19.0 Å². The van der Waals surface area contributed by atoms with Gasteiger partial charge in [0.2, 0.25) is 0 Å². The molecule has 1 N–H and O–H groups in total. The predicted molar refractivity (Wildman–Crippen MR) is 131 cm³/mol. The van der Waals surface area contributed by atoms with Gasteiger partial charge in [0, 0.05) is 44.0 Å². The molecule has 0 aromatic heterocycles. The zero-order valence-electron chi connectivity index (χ0n) is 20.3. The SMILES string of the molecule is COCCN(CCOC)C(=O)c1ccc(C2=C/C(=C3\C(=O)Nc4cc(F)ccc43)OC2(C)C)cc1. The average molecular weight is 481 g/mol. The summed E-state index contributed by atoms with van der Waals surface area (Å²) in [6.07, 6.45) is 1.84. The summed E-state index contributed by atoms with van der Waals surface area (Å²) in [6, 6.07) is 11.5. The van der Waals surface area contributed by atoms with Gasteiger partial charge < -0.3 is 24.4 Å². The summed E-state index contributed by atoms with van der Waals surface area (Å²) >= 11 is 0. The standard InChI is InChI=1S/C27H29FN2O5/c1-27(2)21(16-23(35-27)24-20-10-9-19(28)15-22(20)29-25(24)31)17-5-7-18(8-6-17)26(32)30(11-13-33-3)12-14-34-4/h5-10,15-16H,11-14H2,1-4H3,(H,29,31)/b24-23+. The van der Waals surface area contributed by atoms with Crippen LogP contribution < -0.4 is 5.32 Å². The molecule has 2 aromatic rings. The number of amides is 2. The number of hydrogen-bond donors (Lipinski definition) is 1. The summed E-state index contributed by atoms with van der Waals surface area (Å²) in [5, 5.41) is 2.70. The van der Waals surface area contributed by atoms with Crippen LogP contribution in [0, 0.1) is 5.82 Å². The summed E-state index contributed by atoms with van der Waals surface area (Å²) in [4.78, 5) is 27.4. The third kappa shape index (κ3) is 4.99. The van der Waals surface area contributed by atoms with E-state index in [1.807, 2.05) is 32.1 Å². The van der Waals surface area contributed by atoms with Gasteiger partial charge in [-0.1, -0.05) is 12.1 Å². The third-order valence-electron chi connectivity index (χ3n) is 6.12. The molecule has 35 heavy (non-hydrogen) atoms. The molecule has 8 heteroatoms. The highest BCUT2D eigenvalue weighted by molar-refractivity contribution is 6.32. The second kappa shape index (κ2) is 10.0. The Hall–Kier alpha value is -3.49. The van der Waals surface area contributed by atoms with Crippen LogP contribution in [0.15, 0.2) is 54.3 Å². The molecule has 2 aliphatic rings. The van der Waals surface area contributed by atoms with Crippen LogP contribution >= 0.6 is 0 Å². The van der Waals surface area contributed by atoms with Gasteiger partial charge in [0.1, 0.15) is 17.2 Å². The van der Waals surface area contributed by atoms with E-state index in [1.165, 1.54) is 12.1 Å². The molecule has 2 aliphatic heterocycles. The number of halogens is 1. The van der Waals surface area contributed by atoms with E-state index in [9.17, 15) is 14.0 Å². The molecule has 7 nitrogen and oxygen atoms in total. The van der Waals surface area contributed by atoms with Crippen molar-refractivity contribution < 1.29 is 28.2 Å². The fraction of sp³-hybridized carbons (Fsp3) is 0.333. The molecule has 2 aromatic carbocycles. The molecule has 0 aliphatic carbocycles. The maximum Gasteiger partial charge on any atom is 0.260 e. The van der Waals surface area contributed by atoms with Gasteiger partial charge in [0.05, 0.1) is 24.5 Å². The second-order valence-corrected chi connectivity index (χ2v) is 8.91. The number of rotatable bonds is 8. The highest BCUT2D eigenvalue weighted by Gasteiger charge is 2.38. The van der Waals surface area contributed by atoms with Crippen molar-refractivity contribution in [2.24, 2.45) is 0 Å². The Kier molecular flexibility index (Phi) is 7.05. The highest BCUT2D eigenvalue weighted by Crippen LogP contribution is 2.44. The van der Waals surface area contributed by atoms with Crippen molar-refractivity contribution in [1.82, 2.24) is 4.90 Å². The van der Waals surface area contributed by atoms with Crippen LogP contribution in [0.4, 0.5) is 10.1 Å². The predicted octanol–water partition coefficient (Wildman–Crippen LogP) is 4.12. The molecule has 0 bridgehead atoms. The number of carbonyl (C=O) groups is 2. The van der Waals surface area contributed by atoms with E-state index < -0.39 is 11.4 Å². The van der Waals surface area contributed by atoms with Gasteiger partial charge in [-0.3, -0.25) is 9.59 Å². The lowest BCUT2D eigenvalue weighted by Gasteiger charge is -2.24. The topological polar surface area (TPSA) is 77.1 Å². The van der Waals surface area contributed by atoms with E-state index in [2.05, 4.69) is 5.32 Å². The number of anilines is 1. The van der Waals surface area contributed by atoms with E-state index in [1.54, 1.807) is 37.3 Å². The van der Waals surface area contributed by atoms with Crippen molar-refractivity contribution in [2.45, 2.75) is 19.4 Å². The molecule has 2 amide bonds. The third-order valence-corrected chi connectivity index (χ3v) is 6.12. The summed E-state index contributed by atoms with van der Waals surface area (Å²) in [5.74, 6) is -0.423. The normalized spacial score (nSPS) is 18.1. The Balaban J connectivity index is 1.63. The number of methoxy groups -OCH3 is 2. The minimum atomic E-state index is -0.708. The number of benzene rings is 2. The van der Waals surface area contributed by atoms with E-state index in [4.69, 9.17) is 14.2 Å². The molecular weight excluding hydrogens is 451 g/mol. The molecule has 0 saturated carbocycles. The first kappa shape index (κ1) is 24.6. The average Bonchev–Trinajstić information content (AvgIpc) is 3.32. The second-order valence-electron chi connectivity index (χ2n) is 8.91. The Labute approximate surface area is 204 Å². The number of nitrogens with one attached hydrogen (secondary N) is 1. The molecule has 2 heterocycles. The highest BCUT2D eigenvalue weighted by atomic mass is 19.1. The van der Waals surface area contributed by atoms with Crippen molar-refractivity contribution in [1.29, 1.82) is 0 Å². The van der Waals surface area contributed by atoms with E-state index in [0.29, 0.717) is 54.4 Å². The zero-order valence-corrected chi connectivity index (χ0v) is 20.3. The van der Waals surface area contributed by atoms with Gasteiger partial charge in [-0.15, -0.1) is 0 Å². The number of ether oxygens (including phenoxy) is 3. The quantitative estimate of drug-likeness (QED) is 0.576. The summed E-state index contributed by atoms with van der Waals surface area (Å²) in [6.45, 7) is 5.65. The van der Waals surface area contributed by atoms with Gasteiger partial charge >= 0.3 is 0 Å². The van der Waals surface area contributed by atoms with Crippen molar-refractivity contribution in [3.63, 3.8) is 0 Å². The van der Waals surface area contributed by atoms with Crippen LogP contribution in [0.1, 0.15) is 35.3 Å². The number of carbonyl (C=O) groups excluding carboxylic acids is 2. The Morgan fingerprint density at radius 1 is 1.06 bits per heavy atom. The Morgan fingerprint density at radius 3 is 2.34 bits per heavy atom. The van der Waals surface area contributed by atoms with Crippen molar-refractivity contribution in [3.8, 4) is 0 Å². The molecule has 0 radical (unpaired) electrons. The van der Waals surface area contributed by atoms with Crippen molar-refractivity contribution in [3.05, 3.63) is 76.8 Å². The van der Waals surface area contributed by atoms with Crippen LogP contribution in [0.2, 0.25) is 0 Å². The first-order chi connectivity index (χ1) is 16.7. The van der Waals surface area contributed by atoms with E-state index in [-0.39, 0.29) is 11.8 Å². The lowest BCUT2D eigenvalue weighted by atomic mass is 9.91. The molecule has 0 atom stereocenters. The first-order valence-electron chi connectivity index (χ1n) is 11.4. The van der Waals surface area contributed by atoms with Crippen molar-refractivity contribution in [2.75, 3.05) is 45.8 Å². The molecule has 4 rings (SSSR count). The fourth-order valence-corrected chi connectivity index (χ4v) is 4.30. The van der Waals surface area contributed by atoms with Gasteiger partial charge in [0.15, 0.2) is 0 Å². The van der Waals surface area contributed by atoms with E-state index >= 15 is 0 Å². The molecule has 0 spiro atoms. The van der Waals surface area contributed by atoms with Crippen LogP contribution in [-0.4, -0.2) is 62.8 Å². The molecule has 0 saturated heterocycles. The van der Waals surface area contributed by atoms with Gasteiger partial charge in [0.25, 0.3) is 11.8 Å². The summed E-state index contributed by atoms with van der Waals surface area (Å²) in [7, 11) is 3.20. The number of nitrogens with zero attached hydrogens (tertiary/aromatic N) is 1. The maximum absolute atomic E-state index is 13.6.